The smallest absolute Gasteiger partial charge is 0.271 e. The Labute approximate surface area is 300 Å². The Hall–Kier alpha value is -4.14. The van der Waals surface area contributed by atoms with Crippen LogP contribution in [0.5, 0.6) is 11.5 Å². The zero-order valence-corrected chi connectivity index (χ0v) is 29.6. The van der Waals surface area contributed by atoms with Crippen LogP contribution < -0.4 is 14.5 Å². The molecule has 3 aromatic carbocycles. The van der Waals surface area contributed by atoms with Crippen molar-refractivity contribution >= 4 is 84.2 Å². The van der Waals surface area contributed by atoms with E-state index in [1.807, 2.05) is 6.08 Å². The Morgan fingerprint density at radius 3 is 2.39 bits per heavy atom. The minimum atomic E-state index is -1.46. The number of hydrogen-bond acceptors (Lipinski definition) is 8. The highest BCUT2D eigenvalue weighted by Crippen LogP contribution is 2.65. The molecule has 2 heterocycles. The van der Waals surface area contributed by atoms with Gasteiger partial charge in [-0.05, 0) is 93.4 Å². The van der Waals surface area contributed by atoms with E-state index in [0.717, 1.165) is 15.9 Å². The summed E-state index contributed by atoms with van der Waals surface area (Å²) in [4.78, 5) is 70.1. The molecule has 0 radical (unpaired) electrons. The molecule has 49 heavy (non-hydrogen) atoms. The van der Waals surface area contributed by atoms with Crippen LogP contribution in [0.3, 0.4) is 0 Å². The monoisotopic (exact) mass is 815 g/mol. The molecule has 1 saturated carbocycles. The van der Waals surface area contributed by atoms with Crippen molar-refractivity contribution in [3.8, 4) is 11.5 Å². The highest BCUT2D eigenvalue weighted by Gasteiger charge is 2.68. The number of fused-ring (bicyclic) bond motifs is 4. The third kappa shape index (κ3) is 4.70. The van der Waals surface area contributed by atoms with Crippen molar-refractivity contribution in [3.05, 3.63) is 95.6 Å². The first kappa shape index (κ1) is 33.4. The maximum Gasteiger partial charge on any atom is 0.271 e. The van der Waals surface area contributed by atoms with E-state index in [1.54, 1.807) is 13.0 Å². The number of amides is 4. The number of nitro groups is 1. The van der Waals surface area contributed by atoms with Gasteiger partial charge in [-0.3, -0.25) is 29.3 Å². The molecule has 7 rings (SSSR count). The molecule has 0 aromatic heterocycles. The minimum absolute atomic E-state index is 0.0335. The van der Waals surface area contributed by atoms with Crippen LogP contribution >= 0.6 is 43.5 Å². The van der Waals surface area contributed by atoms with Gasteiger partial charge in [-0.2, -0.15) is 0 Å². The van der Waals surface area contributed by atoms with Crippen LogP contribution in [0.25, 0.3) is 0 Å². The number of hydrogen-bond donors (Lipinski definition) is 1. The summed E-state index contributed by atoms with van der Waals surface area (Å²) in [7, 11) is 1.37. The molecule has 2 aliphatic carbocycles. The van der Waals surface area contributed by atoms with E-state index in [9.17, 15) is 38.8 Å². The van der Waals surface area contributed by atoms with E-state index in [-0.39, 0.29) is 50.9 Å². The van der Waals surface area contributed by atoms with Crippen LogP contribution in [-0.4, -0.2) is 40.8 Å². The summed E-state index contributed by atoms with van der Waals surface area (Å²) >= 11 is 13.1. The van der Waals surface area contributed by atoms with Gasteiger partial charge in [0, 0.05) is 22.5 Å². The Kier molecular flexibility index (Phi) is 7.99. The lowest BCUT2D eigenvalue weighted by Crippen LogP contribution is -2.49. The maximum absolute atomic E-state index is 14.7. The van der Waals surface area contributed by atoms with Crippen molar-refractivity contribution in [2.24, 2.45) is 29.1 Å². The number of methoxy groups -OCH3 is 1. The zero-order chi connectivity index (χ0) is 35.3. The second kappa shape index (κ2) is 11.7. The van der Waals surface area contributed by atoms with Crippen molar-refractivity contribution in [2.45, 2.75) is 25.7 Å². The number of rotatable bonds is 5. The van der Waals surface area contributed by atoms with Crippen molar-refractivity contribution in [1.29, 1.82) is 0 Å². The second-order valence-corrected chi connectivity index (χ2v) is 14.7. The Morgan fingerprint density at radius 2 is 1.71 bits per heavy atom. The van der Waals surface area contributed by atoms with Crippen molar-refractivity contribution in [1.82, 2.24) is 0 Å². The van der Waals surface area contributed by atoms with Crippen molar-refractivity contribution < 1.29 is 38.3 Å². The van der Waals surface area contributed by atoms with E-state index >= 15 is 0 Å². The third-order valence-electron chi connectivity index (χ3n) is 10.4. The summed E-state index contributed by atoms with van der Waals surface area (Å²) < 4.78 is 20.2. The number of non-ortho nitro benzene ring substituents is 1. The van der Waals surface area contributed by atoms with E-state index in [1.165, 1.54) is 43.5 Å². The summed E-state index contributed by atoms with van der Waals surface area (Å²) in [6.07, 6.45) is 2.01. The normalized spacial score (nSPS) is 27.6. The molecule has 15 heteroatoms. The fraction of sp³-hybridized carbons (Fsp3) is 0.294. The first-order valence-electron chi connectivity index (χ1n) is 15.1. The SMILES string of the molecule is COc1cc(C2C3=CCC4C(=O)N(c5cccc([N+](=O)[O-])c5)C(=O)C4C3CC3C(=O)N(c4ccc(F)c(Cl)c4)C(=O)C32C)c(Br)c(Br)c1O. The fourth-order valence-electron chi connectivity index (χ4n) is 8.21. The van der Waals surface area contributed by atoms with Gasteiger partial charge in [0.25, 0.3) is 5.69 Å². The molecule has 6 unspecified atom stereocenters. The highest BCUT2D eigenvalue weighted by molar-refractivity contribution is 9.13. The Morgan fingerprint density at radius 1 is 1.00 bits per heavy atom. The number of anilines is 2. The lowest BCUT2D eigenvalue weighted by Gasteiger charge is -2.49. The molecule has 4 aliphatic rings. The number of ether oxygens (including phenoxy) is 1. The van der Waals surface area contributed by atoms with Gasteiger partial charge in [-0.1, -0.05) is 29.3 Å². The highest BCUT2D eigenvalue weighted by atomic mass is 79.9. The van der Waals surface area contributed by atoms with Crippen LogP contribution in [0.1, 0.15) is 31.2 Å². The number of aromatic hydroxyl groups is 1. The lowest BCUT2D eigenvalue weighted by atomic mass is 9.51. The number of nitrogens with zero attached hydrogens (tertiary/aromatic N) is 3. The van der Waals surface area contributed by atoms with Gasteiger partial charge in [0.1, 0.15) is 5.82 Å². The number of allylic oxidation sites excluding steroid dienone is 2. The predicted molar refractivity (Wildman–Crippen MR) is 182 cm³/mol. The summed E-state index contributed by atoms with van der Waals surface area (Å²) in [5, 5.41) is 22.0. The number of halogens is 4. The molecular weight excluding hydrogens is 793 g/mol. The minimum Gasteiger partial charge on any atom is -0.503 e. The summed E-state index contributed by atoms with van der Waals surface area (Å²) in [6.45, 7) is 1.67. The lowest BCUT2D eigenvalue weighted by molar-refractivity contribution is -0.384. The molecule has 11 nitrogen and oxygen atoms in total. The molecule has 6 atom stereocenters. The molecule has 252 valence electrons. The summed E-state index contributed by atoms with van der Waals surface area (Å²) in [6, 6.07) is 10.4. The molecule has 0 bridgehead atoms. The number of phenolic OH excluding ortho intramolecular Hbond substituents is 1. The molecule has 3 fully saturated rings. The molecule has 3 aromatic rings. The summed E-state index contributed by atoms with van der Waals surface area (Å²) in [5.74, 6) is -7.37. The molecular formula is C34H25Br2ClFN3O8. The van der Waals surface area contributed by atoms with Gasteiger partial charge >= 0.3 is 0 Å². The van der Waals surface area contributed by atoms with Crippen molar-refractivity contribution in [2.75, 3.05) is 16.9 Å². The zero-order valence-electron chi connectivity index (χ0n) is 25.7. The van der Waals surface area contributed by atoms with E-state index in [0.29, 0.717) is 15.6 Å². The van der Waals surface area contributed by atoms with Gasteiger partial charge in [0.15, 0.2) is 11.5 Å². The first-order chi connectivity index (χ1) is 23.2. The largest absolute Gasteiger partial charge is 0.503 e. The molecule has 2 aliphatic heterocycles. The topological polar surface area (TPSA) is 147 Å². The molecule has 2 saturated heterocycles. The van der Waals surface area contributed by atoms with Crippen LogP contribution in [0.2, 0.25) is 5.02 Å². The van der Waals surface area contributed by atoms with Gasteiger partial charge < -0.3 is 9.84 Å². The maximum atomic E-state index is 14.7. The molecule has 4 amide bonds. The van der Waals surface area contributed by atoms with E-state index in [2.05, 4.69) is 31.9 Å². The number of imide groups is 2. The van der Waals surface area contributed by atoms with Gasteiger partial charge in [-0.15, -0.1) is 0 Å². The quantitative estimate of drug-likeness (QED) is 0.125. The third-order valence-corrected chi connectivity index (χ3v) is 12.9. The average molecular weight is 818 g/mol. The fourth-order valence-corrected chi connectivity index (χ4v) is 9.34. The van der Waals surface area contributed by atoms with Crippen LogP contribution in [0.15, 0.2) is 69.1 Å². The predicted octanol–water partition coefficient (Wildman–Crippen LogP) is 7.06. The van der Waals surface area contributed by atoms with Crippen molar-refractivity contribution in [3.63, 3.8) is 0 Å². The Balaban J connectivity index is 1.40. The van der Waals surface area contributed by atoms with E-state index < -0.39 is 69.4 Å². The van der Waals surface area contributed by atoms with Crippen LogP contribution in [0.4, 0.5) is 21.5 Å². The Bertz CT molecular complexity index is 2080. The van der Waals surface area contributed by atoms with Crippen LogP contribution in [-0.2, 0) is 19.2 Å². The number of carbonyl (C=O) groups excluding carboxylic acids is 4. The second-order valence-electron chi connectivity index (χ2n) is 12.7. The van der Waals surface area contributed by atoms with Crippen LogP contribution in [0, 0.1) is 45.0 Å². The van der Waals surface area contributed by atoms with E-state index in [4.69, 9.17) is 16.3 Å². The first-order valence-corrected chi connectivity index (χ1v) is 17.1. The number of nitro benzene ring substituents is 1. The standard InChI is InChI=1S/C34H25Br2ClFN3O8/c1-34-21(31(44)40(33(34)46)15-6-9-23(38)22(37)11-15)12-19-17(26(34)20-13-24(49-2)29(42)28(36)27(20)35)7-8-18-25(19)32(45)39(30(18)43)14-4-3-5-16(10-14)41(47)48/h3-7,9-11,13,18-19,21,25-26,42H,8,12H2,1-2H3. The number of carbonyl (C=O) groups is 4. The van der Waals surface area contributed by atoms with Gasteiger partial charge in [-0.25, -0.2) is 14.2 Å². The number of benzene rings is 3. The molecule has 0 spiro atoms. The summed E-state index contributed by atoms with van der Waals surface area (Å²) in [5.41, 5.74) is -0.453. The number of phenols is 1. The average Bonchev–Trinajstić information content (AvgIpc) is 3.45. The molecule has 1 N–H and O–H groups in total. The van der Waals surface area contributed by atoms with Gasteiger partial charge in [0.05, 0.1) is 56.1 Å². The van der Waals surface area contributed by atoms with Gasteiger partial charge in [0.2, 0.25) is 23.6 Å².